The lowest BCUT2D eigenvalue weighted by Crippen LogP contribution is -2.02. The molecule has 0 saturated carbocycles. The molecule has 0 fully saturated rings. The first kappa shape index (κ1) is 31.6. The molecule has 5 heteroatoms. The molecule has 0 saturated heterocycles. The fourth-order valence-corrected chi connectivity index (χ4v) is 8.84. The number of hydrogen-bond acceptors (Lipinski definition) is 3. The largest absolute Gasteiger partial charge is 0.455 e. The number of furan rings is 1. The van der Waals surface area contributed by atoms with Gasteiger partial charge in [-0.2, -0.15) is 0 Å². The summed E-state index contributed by atoms with van der Waals surface area (Å²) in [6.07, 6.45) is 0. The quantitative estimate of drug-likeness (QED) is 0.177. The Morgan fingerprint density at radius 1 is 0.386 bits per heavy atom. The third kappa shape index (κ3) is 4.82. The van der Waals surface area contributed by atoms with E-state index in [1.54, 1.807) is 0 Å². The van der Waals surface area contributed by atoms with Gasteiger partial charge in [-0.05, 0) is 48.0 Å². The molecular weight excluding hydrogens is 697 g/mol. The number of para-hydroxylation sites is 3. The molecule has 0 atom stereocenters. The van der Waals surface area contributed by atoms with E-state index in [0.717, 1.165) is 83.5 Å². The van der Waals surface area contributed by atoms with E-state index in [0.29, 0.717) is 5.82 Å². The van der Waals surface area contributed by atoms with Gasteiger partial charge in [0.1, 0.15) is 17.0 Å². The Kier molecular flexibility index (Phi) is 6.86. The van der Waals surface area contributed by atoms with Crippen LogP contribution in [0.4, 0.5) is 0 Å². The second-order valence-electron chi connectivity index (χ2n) is 14.6. The molecule has 0 N–H and O–H groups in total. The fraction of sp³-hybridized carbons (Fsp3) is 0. The van der Waals surface area contributed by atoms with Crippen LogP contribution in [0.2, 0.25) is 0 Å². The molecule has 57 heavy (non-hydrogen) atoms. The van der Waals surface area contributed by atoms with Gasteiger partial charge in [0, 0.05) is 60.8 Å². The van der Waals surface area contributed by atoms with Gasteiger partial charge in [-0.3, -0.25) is 4.57 Å². The summed E-state index contributed by atoms with van der Waals surface area (Å²) in [7, 11) is 0. The molecule has 266 valence electrons. The van der Waals surface area contributed by atoms with Crippen LogP contribution in [-0.4, -0.2) is 19.1 Å². The van der Waals surface area contributed by atoms with Crippen LogP contribution in [0.3, 0.4) is 0 Å². The van der Waals surface area contributed by atoms with Crippen molar-refractivity contribution in [3.8, 4) is 45.3 Å². The summed E-state index contributed by atoms with van der Waals surface area (Å²) in [5, 5.41) is 6.96. The molecular formula is C52H32N4O. The minimum absolute atomic E-state index is 0.687. The summed E-state index contributed by atoms with van der Waals surface area (Å²) < 4.78 is 11.3. The third-order valence-corrected chi connectivity index (χ3v) is 11.3. The molecule has 0 radical (unpaired) electrons. The zero-order valence-electron chi connectivity index (χ0n) is 30.7. The van der Waals surface area contributed by atoms with E-state index in [4.69, 9.17) is 14.4 Å². The van der Waals surface area contributed by atoms with Crippen molar-refractivity contribution in [3.05, 3.63) is 194 Å². The van der Waals surface area contributed by atoms with Gasteiger partial charge in [0.15, 0.2) is 5.82 Å². The number of fused-ring (bicyclic) bond motifs is 10. The molecule has 0 aliphatic carbocycles. The summed E-state index contributed by atoms with van der Waals surface area (Å²) in [4.78, 5) is 10.4. The predicted octanol–water partition coefficient (Wildman–Crippen LogP) is 13.6. The molecule has 0 spiro atoms. The van der Waals surface area contributed by atoms with Crippen LogP contribution in [0.25, 0.3) is 111 Å². The Hall–Kier alpha value is -7.76. The molecule has 0 bridgehead atoms. The number of hydrogen-bond donors (Lipinski definition) is 0. The lowest BCUT2D eigenvalue weighted by Gasteiger charge is -2.13. The molecule has 0 amide bonds. The van der Waals surface area contributed by atoms with Crippen LogP contribution in [0.15, 0.2) is 199 Å². The van der Waals surface area contributed by atoms with E-state index < -0.39 is 0 Å². The summed E-state index contributed by atoms with van der Waals surface area (Å²) in [5.74, 6) is 1.51. The van der Waals surface area contributed by atoms with E-state index in [9.17, 15) is 0 Å². The van der Waals surface area contributed by atoms with Gasteiger partial charge in [-0.1, -0.05) is 146 Å². The highest BCUT2D eigenvalue weighted by molar-refractivity contribution is 6.29. The van der Waals surface area contributed by atoms with Crippen LogP contribution in [0.1, 0.15) is 0 Å². The second-order valence-corrected chi connectivity index (χ2v) is 14.6. The van der Waals surface area contributed by atoms with Gasteiger partial charge in [0.05, 0.1) is 27.8 Å². The lowest BCUT2D eigenvalue weighted by atomic mass is 10.0. The third-order valence-electron chi connectivity index (χ3n) is 11.3. The maximum atomic E-state index is 6.59. The van der Waals surface area contributed by atoms with Gasteiger partial charge in [-0.15, -0.1) is 0 Å². The molecule has 4 aromatic heterocycles. The average molecular weight is 729 g/mol. The van der Waals surface area contributed by atoms with E-state index in [1.165, 1.54) is 21.5 Å². The van der Waals surface area contributed by atoms with Crippen LogP contribution >= 0.6 is 0 Å². The standard InChI is InChI=1S/C52H32N4O/c1-4-16-33(17-5-1)40-30-36(31-41-37-22-12-15-27-47(37)57-51(40)41)55-43-25-13-10-23-38(43)49-45(55)28-29-46-50(49)39-24-11-14-26-44(39)56(46)48-32-42(34-18-6-2-7-19-34)53-52(54-48)35-20-8-3-9-21-35/h1-32H. The van der Waals surface area contributed by atoms with E-state index in [2.05, 4.69) is 173 Å². The molecule has 8 aromatic carbocycles. The van der Waals surface area contributed by atoms with Crippen LogP contribution in [-0.2, 0) is 0 Å². The van der Waals surface area contributed by atoms with Crippen molar-refractivity contribution in [1.82, 2.24) is 19.1 Å². The summed E-state index contributed by atoms with van der Waals surface area (Å²) in [6, 6.07) is 68.3. The van der Waals surface area contributed by atoms with Gasteiger partial charge in [-0.25, -0.2) is 9.97 Å². The second kappa shape index (κ2) is 12.4. The van der Waals surface area contributed by atoms with Crippen molar-refractivity contribution in [3.63, 3.8) is 0 Å². The van der Waals surface area contributed by atoms with Crippen molar-refractivity contribution >= 4 is 65.6 Å². The number of rotatable bonds is 5. The first-order valence-corrected chi connectivity index (χ1v) is 19.3. The summed E-state index contributed by atoms with van der Waals surface area (Å²) in [5.41, 5.74) is 12.4. The van der Waals surface area contributed by atoms with Crippen molar-refractivity contribution < 1.29 is 4.42 Å². The Bertz CT molecular complexity index is 3450. The van der Waals surface area contributed by atoms with E-state index in [1.807, 2.05) is 30.3 Å². The monoisotopic (exact) mass is 728 g/mol. The fourth-order valence-electron chi connectivity index (χ4n) is 8.84. The van der Waals surface area contributed by atoms with Gasteiger partial charge < -0.3 is 8.98 Å². The zero-order valence-corrected chi connectivity index (χ0v) is 30.7. The van der Waals surface area contributed by atoms with Crippen LogP contribution in [0.5, 0.6) is 0 Å². The van der Waals surface area contributed by atoms with Crippen LogP contribution in [0, 0.1) is 0 Å². The Morgan fingerprint density at radius 3 is 1.61 bits per heavy atom. The average Bonchev–Trinajstić information content (AvgIpc) is 3.94. The Morgan fingerprint density at radius 2 is 0.930 bits per heavy atom. The van der Waals surface area contributed by atoms with Gasteiger partial charge >= 0.3 is 0 Å². The highest BCUT2D eigenvalue weighted by atomic mass is 16.3. The van der Waals surface area contributed by atoms with Crippen molar-refractivity contribution in [2.45, 2.75) is 0 Å². The minimum Gasteiger partial charge on any atom is -0.455 e. The first-order valence-electron chi connectivity index (χ1n) is 19.3. The lowest BCUT2D eigenvalue weighted by molar-refractivity contribution is 0.670. The maximum absolute atomic E-state index is 6.59. The molecule has 0 unspecified atom stereocenters. The number of aromatic nitrogens is 4. The molecule has 5 nitrogen and oxygen atoms in total. The Balaban J connectivity index is 1.18. The van der Waals surface area contributed by atoms with Crippen molar-refractivity contribution in [2.75, 3.05) is 0 Å². The predicted molar refractivity (Wildman–Crippen MR) is 234 cm³/mol. The topological polar surface area (TPSA) is 48.8 Å². The number of benzene rings is 8. The maximum Gasteiger partial charge on any atom is 0.162 e. The summed E-state index contributed by atoms with van der Waals surface area (Å²) in [6.45, 7) is 0. The summed E-state index contributed by atoms with van der Waals surface area (Å²) >= 11 is 0. The molecule has 4 heterocycles. The molecule has 12 aromatic rings. The number of nitrogens with zero attached hydrogens (tertiary/aromatic N) is 4. The normalized spacial score (nSPS) is 11.9. The molecule has 0 aliphatic heterocycles. The minimum atomic E-state index is 0.687. The molecule has 12 rings (SSSR count). The Labute approximate surface area is 327 Å². The SMILES string of the molecule is c1ccc(-c2cc(-n3c4ccccc4c4c5c6ccccc6n(-c6cc(-c7ccccc7)c7oc8ccccc8c7c6)c5ccc43)nc(-c3ccccc3)n2)cc1. The van der Waals surface area contributed by atoms with Gasteiger partial charge in [0.25, 0.3) is 0 Å². The highest BCUT2D eigenvalue weighted by Gasteiger charge is 2.23. The van der Waals surface area contributed by atoms with Crippen molar-refractivity contribution in [2.24, 2.45) is 0 Å². The smallest absolute Gasteiger partial charge is 0.162 e. The highest BCUT2D eigenvalue weighted by Crippen LogP contribution is 2.44. The van der Waals surface area contributed by atoms with E-state index in [-0.39, 0.29) is 0 Å². The molecule has 0 aliphatic rings. The van der Waals surface area contributed by atoms with Crippen LogP contribution < -0.4 is 0 Å². The van der Waals surface area contributed by atoms with E-state index >= 15 is 0 Å². The van der Waals surface area contributed by atoms with Gasteiger partial charge in [0.2, 0.25) is 0 Å². The first-order chi connectivity index (χ1) is 28.3. The zero-order chi connectivity index (χ0) is 37.5. The van der Waals surface area contributed by atoms with Crippen molar-refractivity contribution in [1.29, 1.82) is 0 Å².